The van der Waals surface area contributed by atoms with Gasteiger partial charge < -0.3 is 4.57 Å². The van der Waals surface area contributed by atoms with Gasteiger partial charge in [0.25, 0.3) is 0 Å². The normalized spacial score (nSPS) is 21.4. The third kappa shape index (κ3) is 5.66. The highest BCUT2D eigenvalue weighted by molar-refractivity contribution is 6.18. The second kappa shape index (κ2) is 14.2. The van der Waals surface area contributed by atoms with E-state index in [1.807, 2.05) is 0 Å². The van der Waals surface area contributed by atoms with Gasteiger partial charge in [-0.05, 0) is 167 Å². The summed E-state index contributed by atoms with van der Waals surface area (Å²) in [5.41, 5.74) is 23.2. The van der Waals surface area contributed by atoms with Crippen LogP contribution in [0.15, 0.2) is 139 Å². The smallest absolute Gasteiger partial charge is 0.0533 e. The van der Waals surface area contributed by atoms with Crippen molar-refractivity contribution in [2.45, 2.75) is 76.5 Å². The Morgan fingerprint density at radius 1 is 0.623 bits per heavy atom. The molecule has 0 bridgehead atoms. The van der Waals surface area contributed by atoms with Crippen LogP contribution in [-0.2, 0) is 19.3 Å². The fourth-order valence-corrected chi connectivity index (χ4v) is 12.5. The van der Waals surface area contributed by atoms with Crippen LogP contribution in [0.25, 0.3) is 74.2 Å². The third-order valence-electron chi connectivity index (χ3n) is 15.4. The summed E-state index contributed by atoms with van der Waals surface area (Å²) in [4.78, 5) is 0. The van der Waals surface area contributed by atoms with Crippen molar-refractivity contribution in [1.82, 2.24) is 4.57 Å². The molecule has 6 aromatic rings. The molecule has 1 aromatic heterocycles. The molecule has 7 aliphatic carbocycles. The molecule has 0 spiro atoms. The number of hydrogen-bond acceptors (Lipinski definition) is 0. The predicted molar refractivity (Wildman–Crippen MR) is 258 cm³/mol. The molecule has 0 radical (unpaired) electrons. The lowest BCUT2D eigenvalue weighted by atomic mass is 9.78. The van der Waals surface area contributed by atoms with Crippen LogP contribution in [0, 0.1) is 11.8 Å². The summed E-state index contributed by atoms with van der Waals surface area (Å²) in [6, 6.07) is 35.3. The molecule has 0 aliphatic heterocycles. The topological polar surface area (TPSA) is 4.93 Å². The minimum atomic E-state index is 0.325. The van der Waals surface area contributed by atoms with Crippen molar-refractivity contribution in [1.29, 1.82) is 0 Å². The van der Waals surface area contributed by atoms with Gasteiger partial charge in [-0.25, -0.2) is 0 Å². The van der Waals surface area contributed by atoms with Gasteiger partial charge in [-0.15, -0.1) is 0 Å². The Balaban J connectivity index is 0.955. The Kier molecular flexibility index (Phi) is 8.28. The Morgan fingerprint density at radius 3 is 2.39 bits per heavy atom. The molecular formula is C60H51N. The first-order valence-corrected chi connectivity index (χ1v) is 23.2. The van der Waals surface area contributed by atoms with Crippen molar-refractivity contribution in [3.8, 4) is 27.9 Å². The molecule has 13 rings (SSSR count). The lowest BCUT2D eigenvalue weighted by Crippen LogP contribution is -2.33. The fourth-order valence-electron chi connectivity index (χ4n) is 12.5. The number of aromatic nitrogens is 1. The first-order chi connectivity index (χ1) is 30.2. The van der Waals surface area contributed by atoms with Gasteiger partial charge in [0.15, 0.2) is 0 Å². The van der Waals surface area contributed by atoms with Crippen molar-refractivity contribution < 1.29 is 0 Å². The van der Waals surface area contributed by atoms with Gasteiger partial charge in [-0.1, -0.05) is 151 Å². The summed E-state index contributed by atoms with van der Waals surface area (Å²) in [6.07, 6.45) is 39.4. The summed E-state index contributed by atoms with van der Waals surface area (Å²) in [7, 11) is 0. The van der Waals surface area contributed by atoms with Gasteiger partial charge in [0.05, 0.1) is 5.69 Å². The van der Waals surface area contributed by atoms with E-state index < -0.39 is 0 Å². The van der Waals surface area contributed by atoms with Crippen LogP contribution in [0.5, 0.6) is 0 Å². The highest BCUT2D eigenvalue weighted by atomic mass is 15.0. The van der Waals surface area contributed by atoms with E-state index in [-0.39, 0.29) is 0 Å². The average molecular weight is 786 g/mol. The lowest BCUT2D eigenvalue weighted by molar-refractivity contribution is 0.434. The number of hydrogen-bond donors (Lipinski definition) is 0. The first-order valence-electron chi connectivity index (χ1n) is 23.2. The van der Waals surface area contributed by atoms with E-state index in [0.717, 1.165) is 32.1 Å². The monoisotopic (exact) mass is 785 g/mol. The molecular weight excluding hydrogens is 735 g/mol. The highest BCUT2D eigenvalue weighted by Crippen LogP contribution is 2.49. The second-order valence-electron chi connectivity index (χ2n) is 18.7. The zero-order valence-electron chi connectivity index (χ0n) is 35.0. The molecule has 0 fully saturated rings. The largest absolute Gasteiger partial charge is 0.313 e. The number of allylic oxidation sites excluding steroid dienone is 10. The number of rotatable bonds is 5. The van der Waals surface area contributed by atoms with E-state index in [4.69, 9.17) is 0 Å². The molecule has 1 heterocycles. The Morgan fingerprint density at radius 2 is 1.48 bits per heavy atom. The van der Waals surface area contributed by atoms with E-state index in [0.29, 0.717) is 17.8 Å². The van der Waals surface area contributed by atoms with Crippen LogP contribution in [0.4, 0.5) is 0 Å². The van der Waals surface area contributed by atoms with E-state index in [1.54, 1.807) is 5.57 Å². The summed E-state index contributed by atoms with van der Waals surface area (Å²) in [5.74, 6) is 1.65. The third-order valence-corrected chi connectivity index (χ3v) is 15.4. The average Bonchev–Trinajstić information content (AvgIpc) is 3.77. The number of nitrogens with zero attached hydrogens (tertiary/aromatic N) is 1. The second-order valence-corrected chi connectivity index (χ2v) is 18.7. The van der Waals surface area contributed by atoms with Crippen LogP contribution < -0.4 is 10.6 Å². The van der Waals surface area contributed by atoms with Crippen molar-refractivity contribution in [2.24, 2.45) is 11.8 Å². The summed E-state index contributed by atoms with van der Waals surface area (Å²) in [6.45, 7) is 0. The van der Waals surface area contributed by atoms with Crippen molar-refractivity contribution in [3.63, 3.8) is 0 Å². The Bertz CT molecular complexity index is 3150. The van der Waals surface area contributed by atoms with Gasteiger partial charge >= 0.3 is 0 Å². The lowest BCUT2D eigenvalue weighted by Gasteiger charge is -2.26. The van der Waals surface area contributed by atoms with Crippen LogP contribution in [-0.4, -0.2) is 4.57 Å². The maximum atomic E-state index is 2.67. The van der Waals surface area contributed by atoms with Crippen molar-refractivity contribution >= 4 is 46.2 Å². The maximum Gasteiger partial charge on any atom is 0.0533 e. The molecule has 7 aliphatic rings. The fraction of sp³-hybridized carbons (Fsp3) is 0.233. The zero-order valence-corrected chi connectivity index (χ0v) is 35.0. The minimum absolute atomic E-state index is 0.325. The van der Waals surface area contributed by atoms with Gasteiger partial charge in [0.1, 0.15) is 0 Å². The minimum Gasteiger partial charge on any atom is -0.313 e. The number of benzene rings is 5. The number of fused-ring (bicyclic) bond motifs is 9. The van der Waals surface area contributed by atoms with E-state index >= 15 is 0 Å². The SMILES string of the molecule is C1=CCC(C[C@H]2CCc3ccc(C4C=c5c6c(n(-c7cccc8c7C=CCC8)c5=CC4)CCC(c4ccc5c7c(cccc47)-c4ccccc4-5)=C6)cc3C3=C2CCC=C3)C=C1. The van der Waals surface area contributed by atoms with Crippen LogP contribution >= 0.6 is 0 Å². The standard InChI is InChI=1S/C60H51N/c1-2-12-38(13-3-1)34-43-27-25-40-24-26-41(35-54(40)48-18-7-6-16-45(43)48)42-28-32-58-55(36-42)56-37-44(29-33-59(56)61(58)57-23-10-15-39-14-4-5-17-47(39)57)46-30-31-53-50-20-9-8-19-49(50)52-22-11-21-51(46)60(52)53/h1-3,5,7-12,15,17-24,26,30-32,35-38,42-43H,4,6,13-14,16,25,27-29,33-34H2/t38?,42?,43-/m1/s1. The summed E-state index contributed by atoms with van der Waals surface area (Å²) < 4.78 is 2.67. The molecule has 0 saturated heterocycles. The van der Waals surface area contributed by atoms with Crippen LogP contribution in [0.3, 0.4) is 0 Å². The molecule has 296 valence electrons. The predicted octanol–water partition coefficient (Wildman–Crippen LogP) is 13.7. The van der Waals surface area contributed by atoms with E-state index in [9.17, 15) is 0 Å². The number of aryl methyl sites for hydroxylation is 2. The summed E-state index contributed by atoms with van der Waals surface area (Å²) in [5, 5.41) is 5.60. The van der Waals surface area contributed by atoms with Crippen LogP contribution in [0.2, 0.25) is 0 Å². The van der Waals surface area contributed by atoms with E-state index in [1.165, 1.54) is 144 Å². The molecule has 1 heteroatoms. The van der Waals surface area contributed by atoms with Gasteiger partial charge in [-0.3, -0.25) is 0 Å². The van der Waals surface area contributed by atoms with Crippen molar-refractivity contribution in [3.05, 3.63) is 194 Å². The Hall–Kier alpha value is -6.18. The van der Waals surface area contributed by atoms with Crippen molar-refractivity contribution in [2.75, 3.05) is 0 Å². The molecule has 5 aromatic carbocycles. The summed E-state index contributed by atoms with van der Waals surface area (Å²) >= 11 is 0. The molecule has 0 saturated carbocycles. The quantitative estimate of drug-likeness (QED) is 0.164. The highest BCUT2D eigenvalue weighted by Gasteiger charge is 2.30. The van der Waals surface area contributed by atoms with Crippen LogP contribution in [0.1, 0.15) is 102 Å². The van der Waals surface area contributed by atoms with Gasteiger partial charge in [0, 0.05) is 33.3 Å². The molecule has 61 heavy (non-hydrogen) atoms. The first kappa shape index (κ1) is 35.6. The molecule has 1 nitrogen and oxygen atoms in total. The zero-order chi connectivity index (χ0) is 40.0. The molecule has 0 N–H and O–H groups in total. The van der Waals surface area contributed by atoms with Gasteiger partial charge in [0.2, 0.25) is 0 Å². The van der Waals surface area contributed by atoms with E-state index in [2.05, 4.69) is 162 Å². The molecule has 3 atom stereocenters. The molecule has 0 amide bonds. The van der Waals surface area contributed by atoms with Gasteiger partial charge in [-0.2, -0.15) is 0 Å². The maximum absolute atomic E-state index is 2.67. The molecule has 2 unspecified atom stereocenters. The Labute approximate surface area is 359 Å².